The Labute approximate surface area is 512 Å². The van der Waals surface area contributed by atoms with E-state index in [0.29, 0.717) is 6.42 Å². The number of rotatable bonds is 22. The third-order valence-electron chi connectivity index (χ3n) is 13.3. The minimum atomic E-state index is -2.26. The second kappa shape index (κ2) is 36.9. The third kappa shape index (κ3) is 26.0. The number of para-hydroxylation sites is 1. The van der Waals surface area contributed by atoms with Gasteiger partial charge < -0.3 is 99.3 Å². The number of carbonyl (C=O) groups is 18. The monoisotopic (exact) mass is 1280 g/mol. The number of nitrogen functional groups attached to an aromatic ring is 1. The number of cyclic esters (lactones) is 1. The summed E-state index contributed by atoms with van der Waals surface area (Å²) in [6, 6.07) is -12.8. The van der Waals surface area contributed by atoms with E-state index in [9.17, 15) is 112 Å². The number of aliphatic hydroxyl groups excluding tert-OH is 1. The van der Waals surface area contributed by atoms with Crippen molar-refractivity contribution < 1.29 is 117 Å². The Balaban J connectivity index is 2.93. The number of hydrogen-bond donors (Lipinski definition) is 17. The lowest BCUT2D eigenvalue weighted by molar-refractivity contribution is -0.156. The number of esters is 1. The van der Waals surface area contributed by atoms with Crippen LogP contribution in [-0.4, -0.2) is 212 Å². The molecule has 0 spiro atoms. The van der Waals surface area contributed by atoms with Crippen molar-refractivity contribution in [1.82, 2.24) is 58.5 Å². The normalized spacial score (nSPS) is 23.5. The number of amides is 11. The lowest BCUT2D eigenvalue weighted by Gasteiger charge is -2.30. The molecule has 1 aromatic rings. The van der Waals surface area contributed by atoms with Crippen molar-refractivity contribution in [2.45, 2.75) is 160 Å². The molecule has 0 aliphatic carbocycles. The van der Waals surface area contributed by atoms with E-state index in [1.807, 2.05) is 16.0 Å². The Morgan fingerprint density at radius 2 is 1.12 bits per heavy atom. The van der Waals surface area contributed by atoms with Crippen molar-refractivity contribution in [1.29, 1.82) is 0 Å². The van der Waals surface area contributed by atoms with Crippen molar-refractivity contribution in [3.8, 4) is 0 Å². The van der Waals surface area contributed by atoms with Gasteiger partial charge in [0.05, 0.1) is 45.4 Å². The fourth-order valence-electron chi connectivity index (χ4n) is 8.47. The predicted molar refractivity (Wildman–Crippen MR) is 304 cm³/mol. The summed E-state index contributed by atoms with van der Waals surface area (Å²) < 4.78 is 5.59. The maximum atomic E-state index is 14.5. The molecule has 1 heterocycles. The Morgan fingerprint density at radius 3 is 1.67 bits per heavy atom. The fourth-order valence-corrected chi connectivity index (χ4v) is 8.47. The largest absolute Gasteiger partial charge is 0.481 e. The summed E-state index contributed by atoms with van der Waals surface area (Å²) in [5.74, 6) is -26.7. The molecule has 0 saturated carbocycles. The van der Waals surface area contributed by atoms with Gasteiger partial charge in [-0.3, -0.25) is 76.7 Å². The second-order valence-corrected chi connectivity index (χ2v) is 21.0. The van der Waals surface area contributed by atoms with E-state index < -0.39 is 231 Å². The highest BCUT2D eigenvalue weighted by atomic mass is 16.5. The summed E-state index contributed by atoms with van der Waals surface area (Å²) in [5, 5.41) is 72.3. The van der Waals surface area contributed by atoms with Gasteiger partial charge in [0.2, 0.25) is 65.0 Å². The maximum absolute atomic E-state index is 14.5. The van der Waals surface area contributed by atoms with Gasteiger partial charge >= 0.3 is 29.8 Å². The number of carboxylic acid groups (broad SMARTS) is 4. The van der Waals surface area contributed by atoms with Crippen LogP contribution in [0, 0.1) is 11.8 Å². The fraction of sp³-hybridized carbons (Fsp3) is 0.556. The van der Waals surface area contributed by atoms with Crippen LogP contribution in [0.1, 0.15) is 110 Å². The number of ketones is 2. The van der Waals surface area contributed by atoms with Gasteiger partial charge in [0.15, 0.2) is 5.78 Å². The molecule has 11 amide bonds. The van der Waals surface area contributed by atoms with Gasteiger partial charge in [-0.2, -0.15) is 0 Å². The highest BCUT2D eigenvalue weighted by Gasteiger charge is 2.40. The summed E-state index contributed by atoms with van der Waals surface area (Å²) in [5.41, 5.74) is 5.65. The molecule has 0 radical (unpaired) electrons. The molecule has 0 aromatic heterocycles. The lowest BCUT2D eigenvalue weighted by Crippen LogP contribution is -2.61. The molecule has 496 valence electrons. The molecule has 90 heavy (non-hydrogen) atoms. The van der Waals surface area contributed by atoms with Crippen molar-refractivity contribution in [3.05, 3.63) is 29.8 Å². The highest BCUT2D eigenvalue weighted by molar-refractivity contribution is 6.04. The van der Waals surface area contributed by atoms with Gasteiger partial charge in [-0.25, -0.2) is 4.79 Å². The van der Waals surface area contributed by atoms with E-state index >= 15 is 0 Å². The van der Waals surface area contributed by atoms with Crippen LogP contribution in [0.5, 0.6) is 0 Å². The molecular formula is C54H76N12O24. The number of hydrogen-bond acceptors (Lipinski definition) is 21. The number of ether oxygens (including phenoxy) is 1. The van der Waals surface area contributed by atoms with Crippen LogP contribution in [0.4, 0.5) is 5.69 Å². The van der Waals surface area contributed by atoms with Gasteiger partial charge in [0.1, 0.15) is 66.3 Å². The topological polar surface area (TPSA) is 576 Å². The average Bonchev–Trinajstić information content (AvgIpc) is 1.15. The van der Waals surface area contributed by atoms with E-state index in [1.54, 1.807) is 6.92 Å². The number of unbranched alkanes of at least 4 members (excludes halogenated alkanes) is 1. The number of aliphatic carboxylic acids is 4. The first-order valence-corrected chi connectivity index (χ1v) is 27.9. The van der Waals surface area contributed by atoms with Crippen LogP contribution in [0.2, 0.25) is 0 Å². The number of carbonyl (C=O) groups excluding carboxylic acids is 14. The Kier molecular flexibility index (Phi) is 31.1. The zero-order valence-electron chi connectivity index (χ0n) is 49.8. The first-order chi connectivity index (χ1) is 42.1. The summed E-state index contributed by atoms with van der Waals surface area (Å²) in [6.07, 6.45) is -7.55. The van der Waals surface area contributed by atoms with Gasteiger partial charge in [-0.1, -0.05) is 45.7 Å². The zero-order valence-corrected chi connectivity index (χ0v) is 49.8. The summed E-state index contributed by atoms with van der Waals surface area (Å²) in [6.45, 7) is 3.63. The van der Waals surface area contributed by atoms with Crippen LogP contribution < -0.4 is 64.2 Å². The van der Waals surface area contributed by atoms with Crippen molar-refractivity contribution >= 4 is 112 Å². The summed E-state index contributed by atoms with van der Waals surface area (Å²) in [4.78, 5) is 238. The molecule has 12 atom stereocenters. The van der Waals surface area contributed by atoms with Crippen molar-refractivity contribution in [3.63, 3.8) is 0 Å². The summed E-state index contributed by atoms with van der Waals surface area (Å²) in [7, 11) is 0. The van der Waals surface area contributed by atoms with Crippen molar-refractivity contribution in [2.75, 3.05) is 25.4 Å². The molecule has 36 nitrogen and oxygen atoms in total. The minimum absolute atomic E-state index is 0.147. The molecule has 36 heteroatoms. The molecule has 2 rings (SSSR count). The first-order valence-electron chi connectivity index (χ1n) is 27.9. The van der Waals surface area contributed by atoms with Crippen LogP contribution in [0.25, 0.3) is 0 Å². The number of aliphatic hydroxyl groups is 1. The van der Waals surface area contributed by atoms with E-state index in [-0.39, 0.29) is 30.5 Å². The van der Waals surface area contributed by atoms with Gasteiger partial charge in [0.25, 0.3) is 0 Å². The molecule has 18 N–H and O–H groups in total. The number of benzene rings is 1. The molecule has 1 aromatic carbocycles. The number of anilines is 1. The van der Waals surface area contributed by atoms with E-state index in [1.165, 1.54) is 31.2 Å². The Morgan fingerprint density at radius 1 is 0.600 bits per heavy atom. The Bertz CT molecular complexity index is 2900. The number of Topliss-reactive ketones (excluding diaryl/α,β-unsaturated/α-hetero) is 2. The lowest BCUT2D eigenvalue weighted by atomic mass is 9.96. The summed E-state index contributed by atoms with van der Waals surface area (Å²) >= 11 is 0. The van der Waals surface area contributed by atoms with Crippen LogP contribution >= 0.6 is 0 Å². The molecule has 1 aliphatic heterocycles. The van der Waals surface area contributed by atoms with E-state index in [4.69, 9.17) is 10.5 Å². The number of carboxylic acids is 4. The highest BCUT2D eigenvalue weighted by Crippen LogP contribution is 2.18. The SMILES string of the molecule is CCCCC1NC(=O)CNC(=O)C(NC(=O)C(CC(=O)O)NC(=O)[C@@H](C)CC(C)=O)C(C)OC(=O)C(CC(=O)c2ccccc2N)NC(=O)C(C(C)CC(=O)O)NC(=O)C(CO)NC(=O)CNC(=O)C(CC(=O)O)NC(=O)C(C)NC(=O)C(CC(=O)O)NC1=O. The minimum Gasteiger partial charge on any atom is -0.481 e. The quantitative estimate of drug-likeness (QED) is 0.0292. The van der Waals surface area contributed by atoms with E-state index in [2.05, 4.69) is 42.5 Å². The molecular weight excluding hydrogens is 1200 g/mol. The Hall–Kier alpha value is -10.2. The van der Waals surface area contributed by atoms with Gasteiger partial charge in [0, 0.05) is 30.0 Å². The molecule has 0 bridgehead atoms. The first kappa shape index (κ1) is 75.9. The maximum Gasteiger partial charge on any atom is 0.329 e. The number of nitrogens with two attached hydrogens (primary N) is 1. The van der Waals surface area contributed by atoms with Crippen LogP contribution in [0.15, 0.2) is 24.3 Å². The number of nitrogens with one attached hydrogen (secondary N) is 11. The smallest absolute Gasteiger partial charge is 0.329 e. The van der Waals surface area contributed by atoms with Crippen LogP contribution in [-0.2, 0) is 86.2 Å². The van der Waals surface area contributed by atoms with Gasteiger partial charge in [-0.15, -0.1) is 0 Å². The standard InChI is InChI=1S/C54H76N12O24/c1-7-8-13-30-48(83)63-32(18-41(76)77)49(84)58-26(5)46(81)62-31(17-40(74)75)47(82)56-20-38(71)60-35(22-67)51(86)65-43(23(2)15-39(72)73)53(88)64-34(16-36(69)28-11-9-10-12-29(28)55)54(89)90-27(6)44(52(87)57-21-37(70)59-30)66-50(85)33(19-42(78)79)61-45(80)24(3)14-25(4)68/h9-12,23-24,26-27,30-35,43-44,67H,7-8,13-22,55H2,1-6H3,(H,56,82)(H,57,87)(H,58,84)(H,59,70)(H,60,71)(H,61,80)(H,62,81)(H,63,83)(H,64,88)(H,65,86)(H,66,85)(H,72,73)(H,74,75)(H,76,77)(H,78,79)/t23?,24-,26?,27?,30?,31?,32?,33?,34?,35?,43?,44?/m0/s1. The molecule has 11 unspecified atom stereocenters. The molecule has 1 aliphatic rings. The zero-order chi connectivity index (χ0) is 68.3. The molecule has 1 saturated heterocycles. The molecule has 1 fully saturated rings. The third-order valence-corrected chi connectivity index (χ3v) is 13.3. The van der Waals surface area contributed by atoms with Crippen molar-refractivity contribution in [2.24, 2.45) is 11.8 Å². The predicted octanol–water partition coefficient (Wildman–Crippen LogP) is -6.27. The van der Waals surface area contributed by atoms with Crippen LogP contribution in [0.3, 0.4) is 0 Å². The average molecular weight is 1280 g/mol. The second-order valence-electron chi connectivity index (χ2n) is 21.0. The van der Waals surface area contributed by atoms with E-state index in [0.717, 1.165) is 27.7 Å². The van der Waals surface area contributed by atoms with Gasteiger partial charge in [-0.05, 0) is 45.2 Å².